The Hall–Kier alpha value is -1.16. The van der Waals surface area contributed by atoms with Gasteiger partial charge in [-0.2, -0.15) is 0 Å². The minimum absolute atomic E-state index is 0.0429. The van der Waals surface area contributed by atoms with Gasteiger partial charge in [-0.1, -0.05) is 25.5 Å². The van der Waals surface area contributed by atoms with Crippen molar-refractivity contribution in [3.63, 3.8) is 0 Å². The van der Waals surface area contributed by atoms with E-state index in [0.717, 1.165) is 38.5 Å². The van der Waals surface area contributed by atoms with E-state index >= 15 is 0 Å². The summed E-state index contributed by atoms with van der Waals surface area (Å²) in [5.41, 5.74) is 1.81. The van der Waals surface area contributed by atoms with Gasteiger partial charge in [0.15, 0.2) is 0 Å². The molecular weight excluding hydrogens is 352 g/mol. The highest BCUT2D eigenvalue weighted by molar-refractivity contribution is 5.80. The van der Waals surface area contributed by atoms with Crippen molar-refractivity contribution in [2.24, 2.45) is 34.5 Å². The van der Waals surface area contributed by atoms with E-state index in [2.05, 4.69) is 19.9 Å². The Bertz CT molecular complexity index is 697. The largest absolute Gasteiger partial charge is 0.462 e. The summed E-state index contributed by atoms with van der Waals surface area (Å²) in [7, 11) is 1.77. The molecule has 0 bridgehead atoms. The zero-order chi connectivity index (χ0) is 20.3. The molecule has 0 aromatic carbocycles. The molecule has 4 aliphatic rings. The van der Waals surface area contributed by atoms with Crippen LogP contribution in [0.2, 0.25) is 0 Å². The number of Topliss-reactive ketones (excluding diaryl/α,β-unsaturated/α-hetero) is 1. The maximum Gasteiger partial charge on any atom is 0.302 e. The second-order valence-corrected chi connectivity index (χ2v) is 10.4. The molecule has 156 valence electrons. The summed E-state index contributed by atoms with van der Waals surface area (Å²) in [5, 5.41) is 0. The van der Waals surface area contributed by atoms with Crippen molar-refractivity contribution in [2.75, 3.05) is 7.11 Å². The molecule has 4 rings (SSSR count). The van der Waals surface area contributed by atoms with Crippen molar-refractivity contribution in [1.29, 1.82) is 0 Å². The van der Waals surface area contributed by atoms with Crippen LogP contribution in [0.25, 0.3) is 0 Å². The van der Waals surface area contributed by atoms with Gasteiger partial charge in [-0.3, -0.25) is 9.59 Å². The molecule has 0 aromatic rings. The maximum atomic E-state index is 12.5. The summed E-state index contributed by atoms with van der Waals surface area (Å²) in [6.45, 7) is 8.08. The molecule has 0 aromatic heterocycles. The van der Waals surface area contributed by atoms with E-state index in [1.165, 1.54) is 18.9 Å². The van der Waals surface area contributed by atoms with Gasteiger partial charge in [-0.05, 0) is 74.0 Å². The lowest BCUT2D eigenvalue weighted by Gasteiger charge is -2.57. The average Bonchev–Trinajstić information content (AvgIpc) is 2.94. The molecule has 4 aliphatic carbocycles. The number of ketones is 1. The average molecular weight is 389 g/mol. The molecule has 8 unspecified atom stereocenters. The molecule has 0 saturated heterocycles. The number of carbonyl (C=O) groups is 2. The van der Waals surface area contributed by atoms with Crippen molar-refractivity contribution >= 4 is 11.8 Å². The molecule has 3 saturated carbocycles. The van der Waals surface area contributed by atoms with Crippen LogP contribution in [0.15, 0.2) is 11.6 Å². The first-order chi connectivity index (χ1) is 13.2. The molecule has 0 radical (unpaired) electrons. The smallest absolute Gasteiger partial charge is 0.302 e. The highest BCUT2D eigenvalue weighted by Crippen LogP contribution is 2.66. The highest BCUT2D eigenvalue weighted by atomic mass is 16.5. The van der Waals surface area contributed by atoms with E-state index in [4.69, 9.17) is 9.47 Å². The molecule has 0 heterocycles. The quantitative estimate of drug-likeness (QED) is 0.519. The molecule has 28 heavy (non-hydrogen) atoms. The minimum Gasteiger partial charge on any atom is -0.462 e. The summed E-state index contributed by atoms with van der Waals surface area (Å²) in [5.74, 6) is 2.05. The lowest BCUT2D eigenvalue weighted by atomic mass is 9.47. The first kappa shape index (κ1) is 20.1. The Morgan fingerprint density at radius 3 is 2.50 bits per heavy atom. The van der Waals surface area contributed by atoms with Crippen LogP contribution in [0, 0.1) is 34.5 Å². The molecule has 0 amide bonds. The van der Waals surface area contributed by atoms with Gasteiger partial charge >= 0.3 is 5.97 Å². The molecule has 0 aliphatic heterocycles. The monoisotopic (exact) mass is 388 g/mol. The van der Waals surface area contributed by atoms with Gasteiger partial charge in [0.25, 0.3) is 0 Å². The first-order valence-electron chi connectivity index (χ1n) is 11.1. The van der Waals surface area contributed by atoms with Crippen LogP contribution >= 0.6 is 0 Å². The summed E-state index contributed by atoms with van der Waals surface area (Å²) in [6.07, 6.45) is 10.0. The molecule has 4 nitrogen and oxygen atoms in total. The van der Waals surface area contributed by atoms with Crippen molar-refractivity contribution in [1.82, 2.24) is 0 Å². The third kappa shape index (κ3) is 2.89. The van der Waals surface area contributed by atoms with E-state index < -0.39 is 0 Å². The number of ether oxygens (including phenoxy) is 2. The number of rotatable bonds is 3. The number of allylic oxidation sites excluding steroid dienone is 1. The second-order valence-electron chi connectivity index (χ2n) is 10.4. The lowest BCUT2D eigenvalue weighted by molar-refractivity contribution is -0.149. The van der Waals surface area contributed by atoms with Gasteiger partial charge in [0.2, 0.25) is 0 Å². The van der Waals surface area contributed by atoms with Crippen LogP contribution in [-0.2, 0) is 19.1 Å². The molecule has 0 N–H and O–H groups in total. The third-order valence-corrected chi connectivity index (χ3v) is 9.14. The fourth-order valence-corrected chi connectivity index (χ4v) is 7.91. The van der Waals surface area contributed by atoms with Crippen LogP contribution in [0.4, 0.5) is 0 Å². The fourth-order valence-electron chi connectivity index (χ4n) is 7.91. The minimum atomic E-state index is -0.164. The van der Waals surface area contributed by atoms with Crippen molar-refractivity contribution in [2.45, 2.75) is 84.8 Å². The number of fused-ring (bicyclic) bond motifs is 5. The number of methoxy groups -OCH3 is 1. The number of esters is 1. The van der Waals surface area contributed by atoms with Gasteiger partial charge < -0.3 is 9.47 Å². The van der Waals surface area contributed by atoms with Crippen LogP contribution < -0.4 is 0 Å². The lowest BCUT2D eigenvalue weighted by Crippen LogP contribution is -2.51. The Kier molecular flexibility index (Phi) is 5.01. The second kappa shape index (κ2) is 6.97. The van der Waals surface area contributed by atoms with Crippen LogP contribution in [0.1, 0.15) is 72.6 Å². The van der Waals surface area contributed by atoms with E-state index in [0.29, 0.717) is 23.5 Å². The van der Waals surface area contributed by atoms with Crippen molar-refractivity contribution < 1.29 is 19.1 Å². The Labute approximate surface area is 169 Å². The standard InChI is InChI=1S/C24H36O4/c1-14(25)22-21(27-5)13-20-18-7-6-16-12-17(28-15(2)26)8-10-23(16,3)19(18)9-11-24(20,22)4/h6,17-22H,7-13H2,1-5H3. The van der Waals surface area contributed by atoms with Gasteiger partial charge in [0.1, 0.15) is 11.9 Å². The van der Waals surface area contributed by atoms with Gasteiger partial charge in [0, 0.05) is 26.4 Å². The normalized spacial score (nSPS) is 47.4. The highest BCUT2D eigenvalue weighted by Gasteiger charge is 2.62. The Morgan fingerprint density at radius 1 is 1.11 bits per heavy atom. The van der Waals surface area contributed by atoms with Crippen LogP contribution in [-0.4, -0.2) is 31.1 Å². The maximum absolute atomic E-state index is 12.5. The molecule has 0 spiro atoms. The van der Waals surface area contributed by atoms with Gasteiger partial charge in [0.05, 0.1) is 6.10 Å². The SMILES string of the molecule is COC1CC2C3CC=C4CC(OC(C)=O)CCC4(C)C3CCC2(C)C1C(C)=O. The summed E-state index contributed by atoms with van der Waals surface area (Å²) in [4.78, 5) is 23.9. The Balaban J connectivity index is 1.61. The summed E-state index contributed by atoms with van der Waals surface area (Å²) < 4.78 is 11.4. The predicted molar refractivity (Wildman–Crippen MR) is 108 cm³/mol. The summed E-state index contributed by atoms with van der Waals surface area (Å²) >= 11 is 0. The van der Waals surface area contributed by atoms with Crippen molar-refractivity contribution in [3.05, 3.63) is 11.6 Å². The molecule has 3 fully saturated rings. The molecular formula is C24H36O4. The zero-order valence-electron chi connectivity index (χ0n) is 18.1. The number of hydrogen-bond acceptors (Lipinski definition) is 4. The molecule has 8 atom stereocenters. The molecule has 4 heteroatoms. The fraction of sp³-hybridized carbons (Fsp3) is 0.833. The topological polar surface area (TPSA) is 52.6 Å². The van der Waals surface area contributed by atoms with Crippen LogP contribution in [0.5, 0.6) is 0 Å². The third-order valence-electron chi connectivity index (χ3n) is 9.14. The van der Waals surface area contributed by atoms with E-state index in [1.54, 1.807) is 14.0 Å². The predicted octanol–water partition coefficient (Wildman–Crippen LogP) is 4.71. The summed E-state index contributed by atoms with van der Waals surface area (Å²) in [6, 6.07) is 0. The number of carbonyl (C=O) groups excluding carboxylic acids is 2. The van der Waals surface area contributed by atoms with Gasteiger partial charge in [-0.15, -0.1) is 0 Å². The number of hydrogen-bond donors (Lipinski definition) is 0. The zero-order valence-corrected chi connectivity index (χ0v) is 18.1. The van der Waals surface area contributed by atoms with E-state index in [1.807, 2.05) is 0 Å². The van der Waals surface area contributed by atoms with Gasteiger partial charge in [-0.25, -0.2) is 0 Å². The Morgan fingerprint density at radius 2 is 1.86 bits per heavy atom. The van der Waals surface area contributed by atoms with Crippen molar-refractivity contribution in [3.8, 4) is 0 Å². The van der Waals surface area contributed by atoms with E-state index in [-0.39, 0.29) is 34.9 Å². The van der Waals surface area contributed by atoms with E-state index in [9.17, 15) is 9.59 Å². The first-order valence-corrected chi connectivity index (χ1v) is 11.1. The van der Waals surface area contributed by atoms with Crippen LogP contribution in [0.3, 0.4) is 0 Å².